The smallest absolute Gasteiger partial charge is 0.149 e. The summed E-state index contributed by atoms with van der Waals surface area (Å²) in [6.07, 6.45) is 10.7. The third-order valence-electron chi connectivity index (χ3n) is 15.8. The minimum atomic E-state index is -0.322. The standard InChI is InChI=1S/C65H71N3O/c1-61(2,3)47-35-45(34-46(36-47)55-37-44(28-33-66-55)42-22-15-12-16-23-42)49-26-21-27-56-58(49)67-60(51-38-48(62(4,5)6)39-54(59(51)69)63(7,8)9)68(56)57-41-52-53(40-50(57)43-24-17-13-18-25-43)65(29-19-14-20-30-65)32-31-64(52,10)11/h12-13,15-18,21-28,33-41,69H,14,19-20,29-32H2,1-11H3. The Balaban J connectivity index is 1.31. The van der Waals surface area contributed by atoms with E-state index in [9.17, 15) is 5.11 Å². The summed E-state index contributed by atoms with van der Waals surface area (Å²) in [5.74, 6) is 1.03. The first-order valence-corrected chi connectivity index (χ1v) is 25.5. The number of phenols is 1. The molecule has 1 N–H and O–H groups in total. The van der Waals surface area contributed by atoms with Crippen molar-refractivity contribution in [2.75, 3.05) is 0 Å². The van der Waals surface area contributed by atoms with Gasteiger partial charge >= 0.3 is 0 Å². The van der Waals surface area contributed by atoms with Crippen LogP contribution in [0.2, 0.25) is 0 Å². The summed E-state index contributed by atoms with van der Waals surface area (Å²) in [6, 6.07) is 49.1. The molecule has 1 fully saturated rings. The van der Waals surface area contributed by atoms with Crippen molar-refractivity contribution in [2.24, 2.45) is 0 Å². The lowest BCUT2D eigenvalue weighted by Crippen LogP contribution is -2.39. The molecule has 0 aliphatic heterocycles. The maximum Gasteiger partial charge on any atom is 0.149 e. The topological polar surface area (TPSA) is 50.9 Å². The lowest BCUT2D eigenvalue weighted by molar-refractivity contribution is 0.222. The van der Waals surface area contributed by atoms with Gasteiger partial charge in [0.1, 0.15) is 11.6 Å². The molecule has 1 spiro atoms. The summed E-state index contributed by atoms with van der Waals surface area (Å²) in [5.41, 5.74) is 18.4. The Bertz CT molecular complexity index is 3220. The van der Waals surface area contributed by atoms with Crippen LogP contribution in [-0.2, 0) is 27.1 Å². The summed E-state index contributed by atoms with van der Waals surface area (Å²) in [5, 5.41) is 12.8. The molecule has 0 bridgehead atoms. The molecule has 4 nitrogen and oxygen atoms in total. The Morgan fingerprint density at radius 3 is 1.83 bits per heavy atom. The first-order valence-electron chi connectivity index (χ1n) is 25.5. The Kier molecular flexibility index (Phi) is 11.5. The number of hydrogen-bond acceptors (Lipinski definition) is 3. The van der Waals surface area contributed by atoms with E-state index in [0.29, 0.717) is 0 Å². The molecule has 10 rings (SSSR count). The van der Waals surface area contributed by atoms with E-state index in [0.717, 1.165) is 68.0 Å². The van der Waals surface area contributed by atoms with Crippen molar-refractivity contribution >= 4 is 11.0 Å². The highest BCUT2D eigenvalue weighted by Crippen LogP contribution is 2.55. The van der Waals surface area contributed by atoms with E-state index in [2.05, 4.69) is 214 Å². The molecule has 2 aliphatic rings. The van der Waals surface area contributed by atoms with Crippen molar-refractivity contribution in [3.63, 3.8) is 0 Å². The quantitative estimate of drug-likeness (QED) is 0.181. The number of pyridine rings is 1. The first-order chi connectivity index (χ1) is 32.7. The Labute approximate surface area is 411 Å². The summed E-state index contributed by atoms with van der Waals surface area (Å²) >= 11 is 0. The number of nitrogens with zero attached hydrogens (tertiary/aromatic N) is 3. The van der Waals surface area contributed by atoms with Crippen molar-refractivity contribution in [1.82, 2.24) is 14.5 Å². The van der Waals surface area contributed by atoms with Gasteiger partial charge in [0.25, 0.3) is 0 Å². The van der Waals surface area contributed by atoms with E-state index in [1.165, 1.54) is 77.5 Å². The van der Waals surface area contributed by atoms with Crippen LogP contribution >= 0.6 is 0 Å². The van der Waals surface area contributed by atoms with Gasteiger partial charge in [-0.15, -0.1) is 0 Å². The second-order valence-corrected chi connectivity index (χ2v) is 24.2. The first kappa shape index (κ1) is 46.5. The number of benzene rings is 6. The van der Waals surface area contributed by atoms with E-state index in [1.807, 2.05) is 6.20 Å². The second kappa shape index (κ2) is 17.0. The number of rotatable bonds is 6. The van der Waals surface area contributed by atoms with Gasteiger partial charge in [-0.25, -0.2) is 4.98 Å². The number of aromatic nitrogens is 3. The molecule has 0 atom stereocenters. The van der Waals surface area contributed by atoms with Gasteiger partial charge in [-0.05, 0) is 146 Å². The molecule has 0 saturated heterocycles. The zero-order valence-electron chi connectivity index (χ0n) is 43.0. The van der Waals surface area contributed by atoms with E-state index in [-0.39, 0.29) is 32.8 Å². The van der Waals surface area contributed by atoms with E-state index >= 15 is 0 Å². The van der Waals surface area contributed by atoms with Crippen molar-refractivity contribution in [2.45, 2.75) is 148 Å². The fourth-order valence-electron chi connectivity index (χ4n) is 11.5. The molecule has 2 aliphatic carbocycles. The second-order valence-electron chi connectivity index (χ2n) is 24.2. The lowest BCUT2D eigenvalue weighted by Gasteiger charge is -2.48. The Hall–Kier alpha value is -6.26. The summed E-state index contributed by atoms with van der Waals surface area (Å²) in [7, 11) is 0. The molecule has 8 aromatic rings. The maximum atomic E-state index is 12.8. The van der Waals surface area contributed by atoms with Gasteiger partial charge in [0.15, 0.2) is 0 Å². The van der Waals surface area contributed by atoms with Gasteiger partial charge in [-0.2, -0.15) is 0 Å². The Morgan fingerprint density at radius 1 is 0.507 bits per heavy atom. The monoisotopic (exact) mass is 910 g/mol. The molecule has 0 radical (unpaired) electrons. The van der Waals surface area contributed by atoms with Crippen LogP contribution < -0.4 is 0 Å². The normalized spacial score (nSPS) is 15.9. The lowest BCUT2D eigenvalue weighted by atomic mass is 9.56. The largest absolute Gasteiger partial charge is 0.507 e. The highest BCUT2D eigenvalue weighted by atomic mass is 16.3. The summed E-state index contributed by atoms with van der Waals surface area (Å²) in [4.78, 5) is 10.8. The number of imidazole rings is 1. The van der Waals surface area contributed by atoms with Crippen LogP contribution in [0.15, 0.2) is 140 Å². The zero-order chi connectivity index (χ0) is 48.7. The van der Waals surface area contributed by atoms with Crippen LogP contribution in [0.3, 0.4) is 0 Å². The molecule has 2 heterocycles. The zero-order valence-corrected chi connectivity index (χ0v) is 43.0. The third kappa shape index (κ3) is 8.53. The van der Waals surface area contributed by atoms with Crippen molar-refractivity contribution in [3.8, 4) is 67.5 Å². The van der Waals surface area contributed by atoms with Crippen LogP contribution in [0, 0.1) is 0 Å². The van der Waals surface area contributed by atoms with Gasteiger partial charge in [-0.3, -0.25) is 9.55 Å². The average Bonchev–Trinajstić information content (AvgIpc) is 3.72. The fraction of sp³-hybridized carbons (Fsp3) is 0.354. The van der Waals surface area contributed by atoms with Gasteiger partial charge in [-0.1, -0.05) is 180 Å². The molecular formula is C65H71N3O. The molecule has 69 heavy (non-hydrogen) atoms. The Morgan fingerprint density at radius 2 is 1.16 bits per heavy atom. The van der Waals surface area contributed by atoms with Crippen LogP contribution in [0.1, 0.15) is 149 Å². The van der Waals surface area contributed by atoms with E-state index < -0.39 is 0 Å². The molecule has 352 valence electrons. The van der Waals surface area contributed by atoms with Crippen LogP contribution in [0.25, 0.3) is 72.7 Å². The van der Waals surface area contributed by atoms with Crippen molar-refractivity contribution in [1.29, 1.82) is 0 Å². The SMILES string of the molecule is CC(C)(C)c1cc(-c2cc(-c3ccccc3)ccn2)cc(-c2cccc3c2nc(-c2cc(C(C)(C)C)cc(C(C)(C)C)c2O)n3-c2cc3c(cc2-c2ccccc2)C2(CCCCC2)CCC3(C)C)c1. The number of fused-ring (bicyclic) bond motifs is 3. The maximum absolute atomic E-state index is 12.8. The third-order valence-corrected chi connectivity index (χ3v) is 15.8. The van der Waals surface area contributed by atoms with Gasteiger partial charge in [0, 0.05) is 28.5 Å². The van der Waals surface area contributed by atoms with Crippen LogP contribution in [0.5, 0.6) is 5.75 Å². The minimum absolute atomic E-state index is 0.0208. The predicted molar refractivity (Wildman–Crippen MR) is 291 cm³/mol. The van der Waals surface area contributed by atoms with Crippen molar-refractivity contribution in [3.05, 3.63) is 167 Å². The summed E-state index contributed by atoms with van der Waals surface area (Å²) < 4.78 is 2.41. The highest BCUT2D eigenvalue weighted by molar-refractivity contribution is 5.98. The molecular weight excluding hydrogens is 839 g/mol. The molecule has 4 heteroatoms. The van der Waals surface area contributed by atoms with Gasteiger partial charge in [0.05, 0.1) is 28.0 Å². The molecule has 1 saturated carbocycles. The number of phenolic OH excluding ortho intramolecular Hbond substituents is 1. The molecule has 2 aromatic heterocycles. The number of hydrogen-bond donors (Lipinski definition) is 1. The minimum Gasteiger partial charge on any atom is -0.507 e. The molecule has 0 unspecified atom stereocenters. The van der Waals surface area contributed by atoms with Crippen LogP contribution in [-0.4, -0.2) is 19.6 Å². The average molecular weight is 910 g/mol. The number of para-hydroxylation sites is 1. The fourth-order valence-corrected chi connectivity index (χ4v) is 11.5. The number of aromatic hydroxyl groups is 1. The van der Waals surface area contributed by atoms with Gasteiger partial charge in [0.2, 0.25) is 0 Å². The predicted octanol–water partition coefficient (Wildman–Crippen LogP) is 17.6. The molecule has 6 aromatic carbocycles. The van der Waals surface area contributed by atoms with Gasteiger partial charge < -0.3 is 5.11 Å². The highest BCUT2D eigenvalue weighted by Gasteiger charge is 2.44. The molecule has 0 amide bonds. The summed E-state index contributed by atoms with van der Waals surface area (Å²) in [6.45, 7) is 25.2. The van der Waals surface area contributed by atoms with Crippen molar-refractivity contribution < 1.29 is 5.11 Å². The van der Waals surface area contributed by atoms with E-state index in [4.69, 9.17) is 9.97 Å². The van der Waals surface area contributed by atoms with E-state index in [1.54, 1.807) is 0 Å². The van der Waals surface area contributed by atoms with Crippen LogP contribution in [0.4, 0.5) is 0 Å².